The van der Waals surface area contributed by atoms with Crippen molar-refractivity contribution in [1.29, 1.82) is 0 Å². The van der Waals surface area contributed by atoms with Crippen molar-refractivity contribution >= 4 is 22.5 Å². The second-order valence-electron chi connectivity index (χ2n) is 5.26. The number of amides is 1. The zero-order chi connectivity index (χ0) is 14.8. The van der Waals surface area contributed by atoms with E-state index < -0.39 is 0 Å². The number of hydrogen-bond acceptors (Lipinski definition) is 3. The van der Waals surface area contributed by atoms with Crippen molar-refractivity contribution in [1.82, 2.24) is 14.9 Å². The van der Waals surface area contributed by atoms with Gasteiger partial charge in [0.15, 0.2) is 0 Å². The molecule has 2 heterocycles. The summed E-state index contributed by atoms with van der Waals surface area (Å²) in [6.45, 7) is 6.34. The van der Waals surface area contributed by atoms with Gasteiger partial charge in [-0.15, -0.1) is 0 Å². The summed E-state index contributed by atoms with van der Waals surface area (Å²) < 4.78 is 5.29. The van der Waals surface area contributed by atoms with Crippen LogP contribution in [-0.2, 0) is 9.53 Å². The molecule has 0 bridgehead atoms. The monoisotopic (exact) mass is 285 g/mol. The molecule has 1 N–H and O–H groups in total. The van der Waals surface area contributed by atoms with E-state index >= 15 is 0 Å². The summed E-state index contributed by atoms with van der Waals surface area (Å²) in [4.78, 5) is 22.2. The van der Waals surface area contributed by atoms with Gasteiger partial charge in [0.2, 0.25) is 5.91 Å². The number of imidazole rings is 1. The number of benzene rings is 1. The standard InChI is InChI=1S/C16H19N3O2/c1-11(12(2)16(20)19-7-9-21-10-8-19)15-17-13-5-3-4-6-14(13)18-15/h3-6H,7-10H2,1-2H3,(H,17,18)/b12-11+. The molecular formula is C16H19N3O2. The summed E-state index contributed by atoms with van der Waals surface area (Å²) in [6.07, 6.45) is 0. The molecule has 1 aliphatic rings. The lowest BCUT2D eigenvalue weighted by molar-refractivity contribution is -0.131. The Morgan fingerprint density at radius 3 is 2.67 bits per heavy atom. The van der Waals surface area contributed by atoms with Crippen molar-refractivity contribution < 1.29 is 9.53 Å². The molecule has 1 saturated heterocycles. The van der Waals surface area contributed by atoms with Gasteiger partial charge in [-0.1, -0.05) is 12.1 Å². The Bertz CT molecular complexity index is 663. The molecule has 0 aliphatic carbocycles. The van der Waals surface area contributed by atoms with E-state index in [1.807, 2.05) is 43.0 Å². The maximum absolute atomic E-state index is 12.5. The Hall–Kier alpha value is -2.14. The number of rotatable bonds is 2. The summed E-state index contributed by atoms with van der Waals surface area (Å²) in [5, 5.41) is 0. The van der Waals surface area contributed by atoms with Gasteiger partial charge in [0, 0.05) is 24.2 Å². The molecule has 1 aromatic carbocycles. The molecule has 21 heavy (non-hydrogen) atoms. The molecule has 1 aliphatic heterocycles. The SMILES string of the molecule is C/C(C(=O)N1CCOCC1)=C(/C)c1nc2ccccc2[nH]1. The van der Waals surface area contributed by atoms with Crippen LogP contribution in [0.4, 0.5) is 0 Å². The Balaban J connectivity index is 1.90. The van der Waals surface area contributed by atoms with Crippen LogP contribution in [0.2, 0.25) is 0 Å². The van der Waals surface area contributed by atoms with Gasteiger partial charge in [0.05, 0.1) is 24.2 Å². The van der Waals surface area contributed by atoms with Crippen molar-refractivity contribution in [2.75, 3.05) is 26.3 Å². The second kappa shape index (κ2) is 5.69. The van der Waals surface area contributed by atoms with Gasteiger partial charge in [-0.05, 0) is 26.0 Å². The topological polar surface area (TPSA) is 58.2 Å². The normalized spacial score (nSPS) is 17.0. The number of aromatic nitrogens is 2. The highest BCUT2D eigenvalue weighted by Gasteiger charge is 2.20. The third kappa shape index (κ3) is 2.69. The summed E-state index contributed by atoms with van der Waals surface area (Å²) >= 11 is 0. The molecule has 1 amide bonds. The average Bonchev–Trinajstić information content (AvgIpc) is 2.97. The van der Waals surface area contributed by atoms with Gasteiger partial charge in [-0.2, -0.15) is 0 Å². The van der Waals surface area contributed by atoms with Crippen molar-refractivity contribution in [3.8, 4) is 0 Å². The number of para-hydroxylation sites is 2. The molecule has 2 aromatic rings. The quantitative estimate of drug-likeness (QED) is 0.861. The molecule has 5 nitrogen and oxygen atoms in total. The number of allylic oxidation sites excluding steroid dienone is 1. The number of fused-ring (bicyclic) bond motifs is 1. The van der Waals surface area contributed by atoms with Crippen LogP contribution in [0, 0.1) is 0 Å². The van der Waals surface area contributed by atoms with Crippen LogP contribution in [0.5, 0.6) is 0 Å². The van der Waals surface area contributed by atoms with Crippen LogP contribution in [0.25, 0.3) is 16.6 Å². The van der Waals surface area contributed by atoms with Gasteiger partial charge in [0.1, 0.15) is 5.82 Å². The maximum atomic E-state index is 12.5. The van der Waals surface area contributed by atoms with Crippen LogP contribution < -0.4 is 0 Å². The molecule has 0 radical (unpaired) electrons. The lowest BCUT2D eigenvalue weighted by Crippen LogP contribution is -2.41. The zero-order valence-electron chi connectivity index (χ0n) is 12.3. The number of H-pyrrole nitrogens is 1. The minimum atomic E-state index is 0.0660. The minimum Gasteiger partial charge on any atom is -0.378 e. The van der Waals surface area contributed by atoms with E-state index in [-0.39, 0.29) is 5.91 Å². The van der Waals surface area contributed by atoms with Crippen LogP contribution in [0.1, 0.15) is 19.7 Å². The van der Waals surface area contributed by atoms with E-state index in [2.05, 4.69) is 9.97 Å². The van der Waals surface area contributed by atoms with E-state index in [0.29, 0.717) is 26.3 Å². The molecule has 5 heteroatoms. The molecule has 1 fully saturated rings. The Morgan fingerprint density at radius 2 is 1.95 bits per heavy atom. The van der Waals surface area contributed by atoms with Crippen LogP contribution >= 0.6 is 0 Å². The lowest BCUT2D eigenvalue weighted by Gasteiger charge is -2.27. The van der Waals surface area contributed by atoms with Gasteiger partial charge >= 0.3 is 0 Å². The number of nitrogens with zero attached hydrogens (tertiary/aromatic N) is 2. The molecule has 0 atom stereocenters. The van der Waals surface area contributed by atoms with Crippen molar-refractivity contribution in [3.05, 3.63) is 35.7 Å². The van der Waals surface area contributed by atoms with Crippen LogP contribution in [-0.4, -0.2) is 47.1 Å². The molecule has 1 aromatic heterocycles. The maximum Gasteiger partial charge on any atom is 0.250 e. The summed E-state index contributed by atoms with van der Waals surface area (Å²) in [5.41, 5.74) is 3.52. The van der Waals surface area contributed by atoms with Crippen LogP contribution in [0.3, 0.4) is 0 Å². The van der Waals surface area contributed by atoms with E-state index in [4.69, 9.17) is 4.74 Å². The summed E-state index contributed by atoms with van der Waals surface area (Å²) in [7, 11) is 0. The second-order valence-corrected chi connectivity index (χ2v) is 5.26. The van der Waals surface area contributed by atoms with E-state index in [9.17, 15) is 4.79 Å². The number of morpholine rings is 1. The number of ether oxygens (including phenoxy) is 1. The van der Waals surface area contributed by atoms with Gasteiger partial charge < -0.3 is 14.6 Å². The number of nitrogens with one attached hydrogen (secondary N) is 1. The molecule has 0 spiro atoms. The highest BCUT2D eigenvalue weighted by molar-refractivity contribution is 6.00. The largest absolute Gasteiger partial charge is 0.378 e. The fourth-order valence-electron chi connectivity index (χ4n) is 2.47. The van der Waals surface area contributed by atoms with Gasteiger partial charge in [0.25, 0.3) is 0 Å². The third-order valence-electron chi connectivity index (χ3n) is 3.93. The fraction of sp³-hybridized carbons (Fsp3) is 0.375. The molecule has 110 valence electrons. The van der Waals surface area contributed by atoms with E-state index in [0.717, 1.165) is 28.0 Å². The number of hydrogen-bond donors (Lipinski definition) is 1. The Kier molecular flexibility index (Phi) is 3.75. The zero-order valence-corrected chi connectivity index (χ0v) is 12.3. The Morgan fingerprint density at radius 1 is 1.24 bits per heavy atom. The summed E-state index contributed by atoms with van der Waals surface area (Å²) in [6, 6.07) is 7.87. The van der Waals surface area contributed by atoms with Gasteiger partial charge in [-0.3, -0.25) is 4.79 Å². The van der Waals surface area contributed by atoms with Crippen molar-refractivity contribution in [3.63, 3.8) is 0 Å². The van der Waals surface area contributed by atoms with E-state index in [1.54, 1.807) is 0 Å². The minimum absolute atomic E-state index is 0.0660. The fourth-order valence-corrected chi connectivity index (χ4v) is 2.47. The molecular weight excluding hydrogens is 266 g/mol. The smallest absolute Gasteiger partial charge is 0.250 e. The average molecular weight is 285 g/mol. The third-order valence-corrected chi connectivity index (χ3v) is 3.93. The highest BCUT2D eigenvalue weighted by Crippen LogP contribution is 2.20. The summed E-state index contributed by atoms with van der Waals surface area (Å²) in [5.74, 6) is 0.826. The van der Waals surface area contributed by atoms with Crippen molar-refractivity contribution in [2.24, 2.45) is 0 Å². The number of carbonyl (C=O) groups is 1. The van der Waals surface area contributed by atoms with Crippen LogP contribution in [0.15, 0.2) is 29.8 Å². The first-order valence-corrected chi connectivity index (χ1v) is 7.16. The predicted octanol–water partition coefficient (Wildman–Crippen LogP) is 2.22. The predicted molar refractivity (Wildman–Crippen MR) is 81.8 cm³/mol. The molecule has 3 rings (SSSR count). The van der Waals surface area contributed by atoms with E-state index in [1.165, 1.54) is 0 Å². The Labute approximate surface area is 123 Å². The number of aromatic amines is 1. The molecule has 0 saturated carbocycles. The lowest BCUT2D eigenvalue weighted by atomic mass is 10.1. The first-order valence-electron chi connectivity index (χ1n) is 7.16. The molecule has 0 unspecified atom stereocenters. The first-order chi connectivity index (χ1) is 10.2. The highest BCUT2D eigenvalue weighted by atomic mass is 16.5. The first kappa shape index (κ1) is 13.8. The van der Waals surface area contributed by atoms with Crippen molar-refractivity contribution in [2.45, 2.75) is 13.8 Å². The number of carbonyl (C=O) groups excluding carboxylic acids is 1. The van der Waals surface area contributed by atoms with Gasteiger partial charge in [-0.25, -0.2) is 4.98 Å².